The lowest BCUT2D eigenvalue weighted by molar-refractivity contribution is -0.139. The van der Waals surface area contributed by atoms with Gasteiger partial charge in [0.1, 0.15) is 11.4 Å². The molecule has 8 nitrogen and oxygen atoms in total. The molecular formula is C27H37ClN4O4. The molecule has 196 valence electrons. The summed E-state index contributed by atoms with van der Waals surface area (Å²) in [6.45, 7) is 10.7. The van der Waals surface area contributed by atoms with Gasteiger partial charge in [-0.05, 0) is 49.9 Å². The van der Waals surface area contributed by atoms with Crippen molar-refractivity contribution < 1.29 is 19.1 Å². The third kappa shape index (κ3) is 6.21. The van der Waals surface area contributed by atoms with E-state index in [4.69, 9.17) is 21.1 Å². The van der Waals surface area contributed by atoms with Crippen LogP contribution >= 0.6 is 11.6 Å². The van der Waals surface area contributed by atoms with Crippen LogP contribution in [0, 0.1) is 5.41 Å². The maximum Gasteiger partial charge on any atom is 0.272 e. The van der Waals surface area contributed by atoms with Crippen LogP contribution in [0.1, 0.15) is 62.1 Å². The third-order valence-electron chi connectivity index (χ3n) is 7.25. The normalized spacial score (nSPS) is 17.9. The summed E-state index contributed by atoms with van der Waals surface area (Å²) in [5.74, 6) is 1.07. The van der Waals surface area contributed by atoms with Crippen LogP contribution in [0.25, 0.3) is 0 Å². The van der Waals surface area contributed by atoms with Crippen molar-refractivity contribution >= 4 is 23.4 Å². The monoisotopic (exact) mass is 516 g/mol. The van der Waals surface area contributed by atoms with E-state index in [2.05, 4.69) is 18.9 Å². The molecule has 0 N–H and O–H groups in total. The van der Waals surface area contributed by atoms with Crippen LogP contribution in [0.15, 0.2) is 30.3 Å². The minimum Gasteiger partial charge on any atom is -0.493 e. The summed E-state index contributed by atoms with van der Waals surface area (Å²) in [5, 5.41) is 5.22. The Labute approximate surface area is 218 Å². The molecule has 9 heteroatoms. The second-order valence-corrected chi connectivity index (χ2v) is 10.6. The van der Waals surface area contributed by atoms with Gasteiger partial charge in [-0.3, -0.25) is 14.3 Å². The summed E-state index contributed by atoms with van der Waals surface area (Å²) in [7, 11) is 0. The highest BCUT2D eigenvalue weighted by atomic mass is 35.5. The van der Waals surface area contributed by atoms with Crippen molar-refractivity contribution in [3.63, 3.8) is 0 Å². The lowest BCUT2D eigenvalue weighted by atomic mass is 9.75. The zero-order valence-electron chi connectivity index (χ0n) is 21.5. The Bertz CT molecular complexity index is 1060. The molecule has 0 saturated carbocycles. The van der Waals surface area contributed by atoms with Gasteiger partial charge in [0.15, 0.2) is 0 Å². The molecule has 3 heterocycles. The van der Waals surface area contributed by atoms with Gasteiger partial charge in [0.25, 0.3) is 5.91 Å². The standard InChI is InChI=1S/C27H37ClN4O4/c1-4-32-24(17-23(29-32)20(2)3)26(34)31-10-8-27(9-11-31,18-25(33)30-12-14-35-15-13-30)19-36-22-7-5-6-21(28)16-22/h5-7,16-17,20H,4,8-15,18-19H2,1-3H3. The fraction of sp³-hybridized carbons (Fsp3) is 0.593. The molecule has 2 amide bonds. The Morgan fingerprint density at radius 3 is 2.47 bits per heavy atom. The van der Waals surface area contributed by atoms with Crippen molar-refractivity contribution in [2.45, 2.75) is 52.5 Å². The molecule has 0 spiro atoms. The van der Waals surface area contributed by atoms with Crippen LogP contribution in [-0.4, -0.2) is 77.4 Å². The Hall–Kier alpha value is -2.58. The number of carbonyl (C=O) groups excluding carboxylic acids is 2. The van der Waals surface area contributed by atoms with Crippen molar-refractivity contribution in [3.05, 3.63) is 46.7 Å². The van der Waals surface area contributed by atoms with E-state index in [-0.39, 0.29) is 23.1 Å². The summed E-state index contributed by atoms with van der Waals surface area (Å²) in [4.78, 5) is 30.4. The van der Waals surface area contributed by atoms with Gasteiger partial charge in [-0.25, -0.2) is 0 Å². The van der Waals surface area contributed by atoms with Crippen LogP contribution in [0.4, 0.5) is 0 Å². The maximum atomic E-state index is 13.4. The fourth-order valence-electron chi connectivity index (χ4n) is 4.89. The second-order valence-electron chi connectivity index (χ2n) is 10.1. The summed E-state index contributed by atoms with van der Waals surface area (Å²) < 4.78 is 13.4. The molecule has 0 unspecified atom stereocenters. The number of hydrogen-bond acceptors (Lipinski definition) is 5. The molecule has 0 aliphatic carbocycles. The van der Waals surface area contributed by atoms with Crippen LogP contribution in [0.2, 0.25) is 5.02 Å². The number of rotatable bonds is 8. The van der Waals surface area contributed by atoms with Crippen LogP contribution < -0.4 is 4.74 Å². The first-order chi connectivity index (χ1) is 17.3. The first kappa shape index (κ1) is 26.5. The molecule has 1 aromatic heterocycles. The average molecular weight is 517 g/mol. The molecule has 2 aromatic rings. The Morgan fingerprint density at radius 1 is 1.11 bits per heavy atom. The lowest BCUT2D eigenvalue weighted by Gasteiger charge is -2.42. The van der Waals surface area contributed by atoms with Gasteiger partial charge >= 0.3 is 0 Å². The van der Waals surface area contributed by atoms with Gasteiger partial charge in [-0.1, -0.05) is 31.5 Å². The number of piperidine rings is 1. The van der Waals surface area contributed by atoms with E-state index in [9.17, 15) is 9.59 Å². The molecule has 2 saturated heterocycles. The fourth-order valence-corrected chi connectivity index (χ4v) is 5.07. The molecule has 2 aliphatic rings. The zero-order chi connectivity index (χ0) is 25.7. The highest BCUT2D eigenvalue weighted by Crippen LogP contribution is 2.37. The second kappa shape index (κ2) is 11.6. The molecule has 0 atom stereocenters. The average Bonchev–Trinajstić information content (AvgIpc) is 3.33. The molecule has 36 heavy (non-hydrogen) atoms. The number of likely N-dealkylation sites (tertiary alicyclic amines) is 1. The maximum absolute atomic E-state index is 13.4. The molecular weight excluding hydrogens is 480 g/mol. The number of aromatic nitrogens is 2. The Morgan fingerprint density at radius 2 is 1.83 bits per heavy atom. The van der Waals surface area contributed by atoms with Crippen LogP contribution in [0.3, 0.4) is 0 Å². The smallest absolute Gasteiger partial charge is 0.272 e. The quantitative estimate of drug-likeness (QED) is 0.524. The Balaban J connectivity index is 1.47. The summed E-state index contributed by atoms with van der Waals surface area (Å²) in [6, 6.07) is 9.24. The number of hydrogen-bond donors (Lipinski definition) is 0. The van der Waals surface area contributed by atoms with Crippen LogP contribution in [0.5, 0.6) is 5.75 Å². The van der Waals surface area contributed by atoms with Gasteiger partial charge < -0.3 is 19.3 Å². The minimum absolute atomic E-state index is 0.000107. The van der Waals surface area contributed by atoms with Gasteiger partial charge in [0.05, 0.1) is 25.5 Å². The molecule has 0 radical (unpaired) electrons. The Kier molecular flexibility index (Phi) is 8.57. The van der Waals surface area contributed by atoms with Gasteiger partial charge in [-0.15, -0.1) is 0 Å². The highest BCUT2D eigenvalue weighted by Gasteiger charge is 2.40. The lowest BCUT2D eigenvalue weighted by Crippen LogP contribution is -2.49. The molecule has 2 aliphatic heterocycles. The molecule has 1 aromatic carbocycles. The van der Waals surface area contributed by atoms with Crippen molar-refractivity contribution in [1.82, 2.24) is 19.6 Å². The summed E-state index contributed by atoms with van der Waals surface area (Å²) in [6.07, 6.45) is 1.76. The third-order valence-corrected chi connectivity index (χ3v) is 7.49. The van der Waals surface area contributed by atoms with E-state index in [1.807, 2.05) is 41.0 Å². The van der Waals surface area contributed by atoms with Gasteiger partial charge in [-0.2, -0.15) is 5.10 Å². The first-order valence-corrected chi connectivity index (χ1v) is 13.3. The SMILES string of the molecule is CCn1nc(C(C)C)cc1C(=O)N1CCC(COc2cccc(Cl)c2)(CC(=O)N2CCOCC2)CC1. The molecule has 2 fully saturated rings. The molecule has 4 rings (SSSR count). The number of morpholine rings is 1. The topological polar surface area (TPSA) is 76.9 Å². The van der Waals surface area contributed by atoms with E-state index in [1.54, 1.807) is 10.7 Å². The van der Waals surface area contributed by atoms with E-state index >= 15 is 0 Å². The number of halogens is 1. The highest BCUT2D eigenvalue weighted by molar-refractivity contribution is 6.30. The van der Waals surface area contributed by atoms with Gasteiger partial charge in [0.2, 0.25) is 5.91 Å². The number of nitrogens with zero attached hydrogens (tertiary/aromatic N) is 4. The van der Waals surface area contributed by atoms with Crippen molar-refractivity contribution in [1.29, 1.82) is 0 Å². The molecule has 0 bridgehead atoms. The van der Waals surface area contributed by atoms with Crippen molar-refractivity contribution in [2.75, 3.05) is 46.0 Å². The largest absolute Gasteiger partial charge is 0.493 e. The van der Waals surface area contributed by atoms with E-state index < -0.39 is 0 Å². The van der Waals surface area contributed by atoms with Crippen LogP contribution in [-0.2, 0) is 16.1 Å². The number of amides is 2. The van der Waals surface area contributed by atoms with Crippen molar-refractivity contribution in [3.8, 4) is 5.75 Å². The number of benzene rings is 1. The number of carbonyl (C=O) groups is 2. The predicted molar refractivity (Wildman–Crippen MR) is 139 cm³/mol. The first-order valence-electron chi connectivity index (χ1n) is 12.9. The number of aryl methyl sites for hydroxylation is 1. The summed E-state index contributed by atoms with van der Waals surface area (Å²) in [5.41, 5.74) is 1.20. The minimum atomic E-state index is -0.359. The van der Waals surface area contributed by atoms with E-state index in [1.165, 1.54) is 0 Å². The van der Waals surface area contributed by atoms with Gasteiger partial charge in [0, 0.05) is 49.6 Å². The zero-order valence-corrected chi connectivity index (χ0v) is 22.3. The predicted octanol–water partition coefficient (Wildman–Crippen LogP) is 4.23. The van der Waals surface area contributed by atoms with Crippen molar-refractivity contribution in [2.24, 2.45) is 5.41 Å². The van der Waals surface area contributed by atoms with E-state index in [0.29, 0.717) is 88.3 Å². The number of ether oxygens (including phenoxy) is 2. The van der Waals surface area contributed by atoms with E-state index in [0.717, 1.165) is 5.69 Å². The summed E-state index contributed by atoms with van der Waals surface area (Å²) >= 11 is 6.14.